The largest absolute Gasteiger partial charge is 0.369 e. The van der Waals surface area contributed by atoms with Crippen LogP contribution >= 0.6 is 35.7 Å². The molecule has 0 saturated carbocycles. The number of rotatable bonds is 2. The van der Waals surface area contributed by atoms with E-state index in [2.05, 4.69) is 11.9 Å². The molecule has 0 aromatic heterocycles. The number of amides is 1. The number of thioether (sulfide) groups is 2. The molecule has 2 aliphatic heterocycles. The molecule has 0 spiro atoms. The maximum atomic E-state index is 12.5. The minimum atomic E-state index is -0.0429. The smallest absolute Gasteiger partial charge is 0.270 e. The molecule has 1 aromatic carbocycles. The number of carbonyl (C=O) groups is 1. The first-order valence-corrected chi connectivity index (χ1v) is 8.75. The lowest BCUT2D eigenvalue weighted by molar-refractivity contribution is -0.113. The van der Waals surface area contributed by atoms with E-state index in [-0.39, 0.29) is 5.91 Å². The van der Waals surface area contributed by atoms with Gasteiger partial charge >= 0.3 is 0 Å². The van der Waals surface area contributed by atoms with Gasteiger partial charge < -0.3 is 4.90 Å². The van der Waals surface area contributed by atoms with Crippen LogP contribution < -0.4 is 4.90 Å². The molecule has 1 amide bonds. The Bertz CT molecular complexity index is 640. The fourth-order valence-electron chi connectivity index (χ4n) is 2.11. The van der Waals surface area contributed by atoms with Gasteiger partial charge in [-0.25, -0.2) is 0 Å². The van der Waals surface area contributed by atoms with E-state index >= 15 is 0 Å². The van der Waals surface area contributed by atoms with Gasteiger partial charge in [-0.3, -0.25) is 9.69 Å². The van der Waals surface area contributed by atoms with Gasteiger partial charge in [0.25, 0.3) is 5.91 Å². The van der Waals surface area contributed by atoms with Gasteiger partial charge in [0.2, 0.25) is 0 Å². The van der Waals surface area contributed by atoms with E-state index < -0.39 is 0 Å². The Balaban J connectivity index is 1.84. The first kappa shape index (κ1) is 14.7. The summed E-state index contributed by atoms with van der Waals surface area (Å²) in [6.45, 7) is 1.05. The van der Waals surface area contributed by atoms with Crippen LogP contribution in [0.1, 0.15) is 0 Å². The van der Waals surface area contributed by atoms with Crippen LogP contribution in [0.4, 0.5) is 5.69 Å². The third-order valence-corrected chi connectivity index (χ3v) is 5.69. The van der Waals surface area contributed by atoms with Gasteiger partial charge in [0.15, 0.2) is 4.32 Å². The zero-order valence-corrected chi connectivity index (χ0v) is 13.9. The topological polar surface area (TPSA) is 23.6 Å². The Hall–Kier alpha value is -1.24. The Morgan fingerprint density at radius 3 is 2.67 bits per heavy atom. The zero-order valence-electron chi connectivity index (χ0n) is 11.5. The van der Waals surface area contributed by atoms with Crippen LogP contribution in [0.3, 0.4) is 0 Å². The highest BCUT2D eigenvalue weighted by Gasteiger charge is 2.32. The van der Waals surface area contributed by atoms with Crippen molar-refractivity contribution in [2.24, 2.45) is 0 Å². The number of thiocarbonyl (C=S) groups is 1. The van der Waals surface area contributed by atoms with E-state index in [9.17, 15) is 4.79 Å². The van der Waals surface area contributed by atoms with Crippen molar-refractivity contribution in [1.29, 1.82) is 0 Å². The van der Waals surface area contributed by atoms with E-state index in [0.717, 1.165) is 18.0 Å². The molecule has 6 heteroatoms. The Morgan fingerprint density at radius 1 is 1.24 bits per heavy atom. The molecule has 3 nitrogen and oxygen atoms in total. The molecule has 2 heterocycles. The molecule has 0 aliphatic carbocycles. The van der Waals surface area contributed by atoms with Crippen LogP contribution in [0, 0.1) is 0 Å². The molecule has 2 aliphatic rings. The molecule has 0 unspecified atom stereocenters. The normalized spacial score (nSPS) is 22.9. The van der Waals surface area contributed by atoms with Gasteiger partial charge in [-0.15, -0.1) is 11.8 Å². The van der Waals surface area contributed by atoms with Gasteiger partial charge in [-0.1, -0.05) is 42.2 Å². The second-order valence-electron chi connectivity index (χ2n) is 4.65. The molecule has 0 bridgehead atoms. The number of nitrogens with zero attached hydrogens (tertiary/aromatic N) is 2. The van der Waals surface area contributed by atoms with Crippen LogP contribution in [0.25, 0.3) is 0 Å². The minimum Gasteiger partial charge on any atom is -0.369 e. The quantitative estimate of drug-likeness (QED) is 0.609. The molecule has 21 heavy (non-hydrogen) atoms. The first-order valence-electron chi connectivity index (χ1n) is 6.54. The van der Waals surface area contributed by atoms with Crippen LogP contribution in [0.2, 0.25) is 0 Å². The van der Waals surface area contributed by atoms with E-state index in [0.29, 0.717) is 9.23 Å². The van der Waals surface area contributed by atoms with Crippen molar-refractivity contribution in [2.45, 2.75) is 0 Å². The van der Waals surface area contributed by atoms with Crippen LogP contribution in [-0.2, 0) is 4.79 Å². The summed E-state index contributed by atoms with van der Waals surface area (Å²) in [5.74, 6) is 1.06. The van der Waals surface area contributed by atoms with E-state index in [1.54, 1.807) is 4.90 Å². The lowest BCUT2D eigenvalue weighted by atomic mass is 10.3. The van der Waals surface area contributed by atoms with Crippen molar-refractivity contribution in [1.82, 2.24) is 4.90 Å². The molecule has 3 rings (SSSR count). The Morgan fingerprint density at radius 2 is 2.00 bits per heavy atom. The third-order valence-electron chi connectivity index (χ3n) is 3.24. The monoisotopic (exact) mass is 334 g/mol. The average molecular weight is 334 g/mol. The van der Waals surface area contributed by atoms with Crippen molar-refractivity contribution < 1.29 is 4.79 Å². The molecule has 1 aromatic rings. The summed E-state index contributed by atoms with van der Waals surface area (Å²) in [7, 11) is 2.06. The summed E-state index contributed by atoms with van der Waals surface area (Å²) in [6, 6.07) is 9.53. The highest BCUT2D eigenvalue weighted by atomic mass is 32.2. The number of para-hydroxylation sites is 1. The summed E-state index contributed by atoms with van der Waals surface area (Å²) in [6.07, 6.45) is 3.89. The number of carbonyl (C=O) groups excluding carboxylic acids is 1. The maximum absolute atomic E-state index is 12.5. The van der Waals surface area contributed by atoms with Gasteiger partial charge in [-0.05, 0) is 24.3 Å². The summed E-state index contributed by atoms with van der Waals surface area (Å²) in [5.41, 5.74) is 0.823. The molecule has 2 saturated heterocycles. The molecule has 0 atom stereocenters. The minimum absolute atomic E-state index is 0.0429. The molecule has 0 radical (unpaired) electrons. The average Bonchev–Trinajstić information content (AvgIpc) is 3.01. The van der Waals surface area contributed by atoms with Crippen LogP contribution in [0.15, 0.2) is 52.4 Å². The summed E-state index contributed by atoms with van der Waals surface area (Å²) in [4.78, 5) is 17.0. The van der Waals surface area contributed by atoms with Gasteiger partial charge in [-0.2, -0.15) is 0 Å². The highest BCUT2D eigenvalue weighted by Crippen LogP contribution is 2.35. The van der Waals surface area contributed by atoms with Crippen molar-refractivity contribution in [3.8, 4) is 0 Å². The second kappa shape index (κ2) is 6.25. The zero-order chi connectivity index (χ0) is 14.8. The molecule has 108 valence electrons. The first-order chi connectivity index (χ1) is 10.2. The second-order valence-corrected chi connectivity index (χ2v) is 7.44. The Labute approximate surface area is 138 Å². The summed E-state index contributed by atoms with van der Waals surface area (Å²) < 4.78 is 0.586. The van der Waals surface area contributed by atoms with Crippen LogP contribution in [0.5, 0.6) is 0 Å². The standard InChI is InChI=1S/C15H14N2OS3/c1-16-9-10-20-13(16)8-7-12-14(18)17(15(19)21-12)11-5-3-2-4-6-11/h2-8H,9-10H2,1H3/b12-7-,13-8-. The fourth-order valence-corrected chi connectivity index (χ4v) is 4.40. The highest BCUT2D eigenvalue weighted by molar-refractivity contribution is 8.27. The fraction of sp³-hybridized carbons (Fsp3) is 0.200. The third kappa shape index (κ3) is 3.02. The number of benzene rings is 1. The van der Waals surface area contributed by atoms with E-state index in [4.69, 9.17) is 12.2 Å². The predicted molar refractivity (Wildman–Crippen MR) is 95.4 cm³/mol. The Kier molecular flexibility index (Phi) is 4.37. The van der Waals surface area contributed by atoms with Crippen LogP contribution in [-0.4, -0.2) is 34.5 Å². The van der Waals surface area contributed by atoms with Gasteiger partial charge in [0.1, 0.15) is 0 Å². The van der Waals surface area contributed by atoms with Gasteiger partial charge in [0, 0.05) is 19.3 Å². The summed E-state index contributed by atoms with van der Waals surface area (Å²) >= 11 is 8.51. The molecule has 0 N–H and O–H groups in total. The number of hydrogen-bond acceptors (Lipinski definition) is 5. The molecule has 2 fully saturated rings. The number of allylic oxidation sites excluding steroid dienone is 2. The maximum Gasteiger partial charge on any atom is 0.270 e. The lowest BCUT2D eigenvalue weighted by Gasteiger charge is -2.13. The molecular weight excluding hydrogens is 320 g/mol. The van der Waals surface area contributed by atoms with Crippen molar-refractivity contribution in [2.75, 3.05) is 24.2 Å². The van der Waals surface area contributed by atoms with Crippen molar-refractivity contribution in [3.63, 3.8) is 0 Å². The molecular formula is C15H14N2OS3. The lowest BCUT2D eigenvalue weighted by Crippen LogP contribution is -2.27. The van der Waals surface area contributed by atoms with Gasteiger partial charge in [0.05, 0.1) is 15.6 Å². The SMILES string of the molecule is CN1CCS/C1=C\C=C1/SC(=S)N(c2ccccc2)C1=O. The van der Waals surface area contributed by atoms with Crippen molar-refractivity contribution >= 4 is 51.7 Å². The van der Waals surface area contributed by atoms with Crippen molar-refractivity contribution in [3.05, 3.63) is 52.4 Å². The summed E-state index contributed by atoms with van der Waals surface area (Å²) in [5, 5.41) is 1.19. The number of hydrogen-bond donors (Lipinski definition) is 0. The van der Waals surface area contributed by atoms with E-state index in [1.165, 1.54) is 16.8 Å². The van der Waals surface area contributed by atoms with E-state index in [1.807, 2.05) is 54.2 Å². The predicted octanol–water partition coefficient (Wildman–Crippen LogP) is 3.46. The number of anilines is 1.